The van der Waals surface area contributed by atoms with Crippen LogP contribution in [0.4, 0.5) is 0 Å². The van der Waals surface area contributed by atoms with Crippen LogP contribution in [0, 0.1) is 11.8 Å². The molecule has 4 nitrogen and oxygen atoms in total. The molecule has 1 heterocycles. The molecule has 1 aromatic heterocycles. The van der Waals surface area contributed by atoms with E-state index in [0.29, 0.717) is 6.54 Å². The molecule has 0 aromatic carbocycles. The third-order valence-corrected chi connectivity index (χ3v) is 4.29. The van der Waals surface area contributed by atoms with Crippen LogP contribution >= 0.6 is 11.3 Å². The van der Waals surface area contributed by atoms with Crippen LogP contribution in [0.25, 0.3) is 0 Å². The summed E-state index contributed by atoms with van der Waals surface area (Å²) in [6.45, 7) is 5.75. The molecule has 0 spiro atoms. The van der Waals surface area contributed by atoms with Gasteiger partial charge in [-0.3, -0.25) is 9.59 Å². The second kappa shape index (κ2) is 6.54. The van der Waals surface area contributed by atoms with Crippen LogP contribution in [0.5, 0.6) is 0 Å². The number of nitrogens with one attached hydrogen (secondary N) is 1. The third kappa shape index (κ3) is 3.84. The fraction of sp³-hybridized carbons (Fsp3) is 0.538. The summed E-state index contributed by atoms with van der Waals surface area (Å²) in [7, 11) is 0. The molecule has 0 aliphatic heterocycles. The molecule has 5 heteroatoms. The van der Waals surface area contributed by atoms with E-state index in [-0.39, 0.29) is 5.91 Å². The van der Waals surface area contributed by atoms with E-state index < -0.39 is 17.8 Å². The molecule has 0 bridgehead atoms. The molecule has 2 N–H and O–H groups in total. The smallest absolute Gasteiger partial charge is 0.307 e. The van der Waals surface area contributed by atoms with Crippen LogP contribution < -0.4 is 5.32 Å². The number of aliphatic carboxylic acids is 1. The van der Waals surface area contributed by atoms with Gasteiger partial charge in [-0.2, -0.15) is 0 Å². The van der Waals surface area contributed by atoms with Crippen LogP contribution in [0.3, 0.4) is 0 Å². The minimum absolute atomic E-state index is 0.212. The number of carboxylic acid groups (broad SMARTS) is 1. The molecule has 1 amide bonds. The lowest BCUT2D eigenvalue weighted by molar-refractivity contribution is -0.146. The van der Waals surface area contributed by atoms with Gasteiger partial charge in [0.1, 0.15) is 0 Å². The molecule has 0 radical (unpaired) electrons. The van der Waals surface area contributed by atoms with Crippen molar-refractivity contribution in [3.63, 3.8) is 0 Å². The fourth-order valence-corrected chi connectivity index (χ4v) is 2.38. The average Bonchev–Trinajstić information content (AvgIpc) is 2.81. The molecule has 0 saturated carbocycles. The molecule has 0 saturated heterocycles. The Bertz CT molecular complexity index is 428. The number of carbonyl (C=O) groups excluding carboxylic acids is 1. The Hall–Kier alpha value is -1.36. The molecular formula is C13H19NO3S. The molecule has 0 aliphatic rings. The number of rotatable bonds is 6. The summed E-state index contributed by atoms with van der Waals surface area (Å²) in [5.41, 5.74) is 0. The number of carbonyl (C=O) groups is 2. The summed E-state index contributed by atoms with van der Waals surface area (Å²) in [5, 5.41) is 11.6. The van der Waals surface area contributed by atoms with Crippen LogP contribution in [-0.2, 0) is 22.6 Å². The van der Waals surface area contributed by atoms with Crippen molar-refractivity contribution in [1.82, 2.24) is 5.32 Å². The highest BCUT2D eigenvalue weighted by molar-refractivity contribution is 7.11. The van der Waals surface area contributed by atoms with E-state index in [2.05, 4.69) is 18.3 Å². The van der Waals surface area contributed by atoms with Gasteiger partial charge in [0.2, 0.25) is 5.91 Å². The Kier molecular flexibility index (Phi) is 5.34. The van der Waals surface area contributed by atoms with Crippen LogP contribution in [-0.4, -0.2) is 17.0 Å². The van der Waals surface area contributed by atoms with Gasteiger partial charge < -0.3 is 10.4 Å². The molecule has 100 valence electrons. The van der Waals surface area contributed by atoms with E-state index in [1.807, 2.05) is 6.07 Å². The highest BCUT2D eigenvalue weighted by Crippen LogP contribution is 2.17. The highest BCUT2D eigenvalue weighted by atomic mass is 32.1. The Morgan fingerprint density at radius 2 is 1.89 bits per heavy atom. The first-order valence-electron chi connectivity index (χ1n) is 6.03. The number of hydrogen-bond donors (Lipinski definition) is 2. The lowest BCUT2D eigenvalue weighted by Gasteiger charge is -2.15. The summed E-state index contributed by atoms with van der Waals surface area (Å²) < 4.78 is 0. The van der Waals surface area contributed by atoms with Crippen molar-refractivity contribution in [3.8, 4) is 0 Å². The highest BCUT2D eigenvalue weighted by Gasteiger charge is 2.25. The Morgan fingerprint density at radius 3 is 2.39 bits per heavy atom. The van der Waals surface area contributed by atoms with Gasteiger partial charge in [-0.05, 0) is 18.6 Å². The molecular weight excluding hydrogens is 250 g/mol. The van der Waals surface area contributed by atoms with Gasteiger partial charge in [0, 0.05) is 15.7 Å². The average molecular weight is 269 g/mol. The van der Waals surface area contributed by atoms with Gasteiger partial charge in [-0.25, -0.2) is 0 Å². The maximum atomic E-state index is 11.8. The predicted octanol–water partition coefficient (Wildman–Crippen LogP) is 2.28. The number of hydrogen-bond acceptors (Lipinski definition) is 3. The molecule has 0 fully saturated rings. The van der Waals surface area contributed by atoms with Gasteiger partial charge in [0.15, 0.2) is 0 Å². The topological polar surface area (TPSA) is 66.4 Å². The Morgan fingerprint density at radius 1 is 1.28 bits per heavy atom. The van der Waals surface area contributed by atoms with Gasteiger partial charge in [-0.1, -0.05) is 20.8 Å². The number of aryl methyl sites for hydroxylation is 1. The molecule has 2 atom stereocenters. The number of carboxylic acids is 1. The summed E-state index contributed by atoms with van der Waals surface area (Å²) >= 11 is 1.67. The van der Waals surface area contributed by atoms with Gasteiger partial charge in [0.05, 0.1) is 12.5 Å². The monoisotopic (exact) mass is 269 g/mol. The first-order chi connectivity index (χ1) is 8.45. The lowest BCUT2D eigenvalue weighted by atomic mass is 9.95. The summed E-state index contributed by atoms with van der Waals surface area (Å²) in [6, 6.07) is 4.05. The van der Waals surface area contributed by atoms with Crippen LogP contribution in [0.2, 0.25) is 0 Å². The first-order valence-corrected chi connectivity index (χ1v) is 6.85. The van der Waals surface area contributed by atoms with E-state index >= 15 is 0 Å². The molecule has 18 heavy (non-hydrogen) atoms. The molecule has 0 aliphatic carbocycles. The number of amides is 1. The van der Waals surface area contributed by atoms with E-state index in [9.17, 15) is 9.59 Å². The van der Waals surface area contributed by atoms with E-state index in [1.165, 1.54) is 4.88 Å². The summed E-state index contributed by atoms with van der Waals surface area (Å²) in [5.74, 6) is -2.34. The second-order valence-corrected chi connectivity index (χ2v) is 5.61. The Labute approximate surface area is 111 Å². The van der Waals surface area contributed by atoms with Crippen LogP contribution in [0.15, 0.2) is 12.1 Å². The normalized spacial score (nSPS) is 13.9. The predicted molar refractivity (Wildman–Crippen MR) is 71.5 cm³/mol. The zero-order valence-electron chi connectivity index (χ0n) is 10.9. The maximum absolute atomic E-state index is 11.8. The third-order valence-electron chi connectivity index (χ3n) is 3.06. The maximum Gasteiger partial charge on any atom is 0.307 e. The summed E-state index contributed by atoms with van der Waals surface area (Å²) in [4.78, 5) is 24.9. The van der Waals surface area contributed by atoms with Crippen molar-refractivity contribution in [2.45, 2.75) is 33.7 Å². The van der Waals surface area contributed by atoms with Gasteiger partial charge >= 0.3 is 5.97 Å². The van der Waals surface area contributed by atoms with Crippen molar-refractivity contribution >= 4 is 23.2 Å². The van der Waals surface area contributed by atoms with E-state index in [1.54, 1.807) is 25.2 Å². The quantitative estimate of drug-likeness (QED) is 0.832. The SMILES string of the molecule is CCc1ccc(CNC(=O)C(C)C(C)C(=O)O)s1. The Balaban J connectivity index is 2.48. The van der Waals surface area contributed by atoms with E-state index in [0.717, 1.165) is 11.3 Å². The van der Waals surface area contributed by atoms with Crippen molar-refractivity contribution < 1.29 is 14.7 Å². The van der Waals surface area contributed by atoms with Crippen molar-refractivity contribution in [3.05, 3.63) is 21.9 Å². The zero-order chi connectivity index (χ0) is 13.7. The zero-order valence-corrected chi connectivity index (χ0v) is 11.7. The minimum atomic E-state index is -0.943. The standard InChI is InChI=1S/C13H19NO3S/c1-4-10-5-6-11(18-10)7-14-12(15)8(2)9(3)13(16)17/h5-6,8-9H,4,7H2,1-3H3,(H,14,15)(H,16,17). The van der Waals surface area contributed by atoms with Crippen molar-refractivity contribution in [2.75, 3.05) is 0 Å². The molecule has 1 aromatic rings. The fourth-order valence-electron chi connectivity index (χ4n) is 1.48. The number of thiophene rings is 1. The van der Waals surface area contributed by atoms with Gasteiger partial charge in [-0.15, -0.1) is 11.3 Å². The largest absolute Gasteiger partial charge is 0.481 e. The van der Waals surface area contributed by atoms with Crippen molar-refractivity contribution in [2.24, 2.45) is 11.8 Å². The minimum Gasteiger partial charge on any atom is -0.481 e. The summed E-state index contributed by atoms with van der Waals surface area (Å²) in [6.07, 6.45) is 0.991. The molecule has 2 unspecified atom stereocenters. The van der Waals surface area contributed by atoms with Crippen molar-refractivity contribution in [1.29, 1.82) is 0 Å². The van der Waals surface area contributed by atoms with E-state index in [4.69, 9.17) is 5.11 Å². The lowest BCUT2D eigenvalue weighted by Crippen LogP contribution is -2.34. The second-order valence-electron chi connectivity index (χ2n) is 4.35. The molecule has 1 rings (SSSR count). The van der Waals surface area contributed by atoms with Gasteiger partial charge in [0.25, 0.3) is 0 Å². The first kappa shape index (κ1) is 14.7. The van der Waals surface area contributed by atoms with Crippen LogP contribution in [0.1, 0.15) is 30.5 Å².